The minimum atomic E-state index is 0.665. The van der Waals surface area contributed by atoms with Gasteiger partial charge in [0.1, 0.15) is 5.69 Å². The third-order valence-corrected chi connectivity index (χ3v) is 3.91. The number of aromatic nitrogens is 4. The van der Waals surface area contributed by atoms with Gasteiger partial charge in [0.15, 0.2) is 0 Å². The maximum atomic E-state index is 6.24. The lowest BCUT2D eigenvalue weighted by Crippen LogP contribution is -2.00. The molecule has 0 radical (unpaired) electrons. The van der Waals surface area contributed by atoms with Crippen LogP contribution in [0, 0.1) is 0 Å². The Morgan fingerprint density at radius 2 is 1.61 bits per heavy atom. The van der Waals surface area contributed by atoms with Crippen molar-refractivity contribution in [3.05, 3.63) is 84.1 Å². The minimum absolute atomic E-state index is 0.665. The van der Waals surface area contributed by atoms with Gasteiger partial charge in [0, 0.05) is 6.20 Å². The summed E-state index contributed by atoms with van der Waals surface area (Å²) < 4.78 is 3.65. The molecule has 0 atom stereocenters. The average Bonchev–Trinajstić information content (AvgIpc) is 3.25. The van der Waals surface area contributed by atoms with Crippen LogP contribution in [0.5, 0.6) is 0 Å². The fourth-order valence-corrected chi connectivity index (χ4v) is 2.73. The van der Waals surface area contributed by atoms with Crippen molar-refractivity contribution >= 4 is 11.6 Å². The molecule has 2 aromatic carbocycles. The Balaban J connectivity index is 1.77. The number of rotatable bonds is 3. The van der Waals surface area contributed by atoms with Crippen molar-refractivity contribution in [2.75, 3.05) is 0 Å². The van der Waals surface area contributed by atoms with E-state index in [0.29, 0.717) is 5.02 Å². The van der Waals surface area contributed by atoms with Crippen molar-refractivity contribution in [2.45, 2.75) is 0 Å². The number of halogens is 1. The van der Waals surface area contributed by atoms with Crippen LogP contribution < -0.4 is 0 Å². The van der Waals surface area contributed by atoms with Gasteiger partial charge in [-0.1, -0.05) is 41.9 Å². The second-order valence-corrected chi connectivity index (χ2v) is 5.47. The second-order valence-electron chi connectivity index (χ2n) is 5.06. The van der Waals surface area contributed by atoms with Crippen molar-refractivity contribution < 1.29 is 0 Å². The number of hydrogen-bond donors (Lipinski definition) is 0. The third kappa shape index (κ3) is 2.53. The van der Waals surface area contributed by atoms with E-state index in [9.17, 15) is 0 Å². The Morgan fingerprint density at radius 1 is 0.826 bits per heavy atom. The number of nitrogens with zero attached hydrogens (tertiary/aromatic N) is 4. The van der Waals surface area contributed by atoms with Crippen molar-refractivity contribution in [2.24, 2.45) is 0 Å². The molecule has 0 saturated carbocycles. The largest absolute Gasteiger partial charge is 0.239 e. The predicted molar refractivity (Wildman–Crippen MR) is 91.1 cm³/mol. The van der Waals surface area contributed by atoms with Crippen molar-refractivity contribution in [1.82, 2.24) is 19.6 Å². The molecule has 0 unspecified atom stereocenters. The van der Waals surface area contributed by atoms with Crippen LogP contribution >= 0.6 is 11.6 Å². The van der Waals surface area contributed by atoms with Gasteiger partial charge in [-0.25, -0.2) is 9.36 Å². The summed E-state index contributed by atoms with van der Waals surface area (Å²) in [6.07, 6.45) is 3.68. The molecule has 0 aliphatic carbocycles. The molecule has 4 rings (SSSR count). The molecular weight excluding hydrogens is 308 g/mol. The van der Waals surface area contributed by atoms with E-state index in [1.807, 2.05) is 77.6 Å². The zero-order chi connectivity index (χ0) is 15.6. The normalized spacial score (nSPS) is 10.8. The van der Waals surface area contributed by atoms with Gasteiger partial charge in [-0.15, -0.1) is 0 Å². The summed E-state index contributed by atoms with van der Waals surface area (Å²) in [7, 11) is 0. The summed E-state index contributed by atoms with van der Waals surface area (Å²) in [5, 5.41) is 9.71. The molecule has 4 aromatic rings. The van der Waals surface area contributed by atoms with Crippen LogP contribution in [0.15, 0.2) is 79.1 Å². The van der Waals surface area contributed by atoms with Gasteiger partial charge in [0.25, 0.3) is 0 Å². The van der Waals surface area contributed by atoms with E-state index in [2.05, 4.69) is 10.2 Å². The van der Waals surface area contributed by atoms with Crippen LogP contribution in [0.25, 0.3) is 22.8 Å². The van der Waals surface area contributed by atoms with Gasteiger partial charge in [-0.2, -0.15) is 10.2 Å². The van der Waals surface area contributed by atoms with Crippen LogP contribution in [-0.2, 0) is 0 Å². The summed E-state index contributed by atoms with van der Waals surface area (Å²) in [4.78, 5) is 0. The molecule has 0 amide bonds. The lowest BCUT2D eigenvalue weighted by Gasteiger charge is -2.06. The lowest BCUT2D eigenvalue weighted by atomic mass is 10.3. The van der Waals surface area contributed by atoms with E-state index in [4.69, 9.17) is 11.6 Å². The molecule has 0 spiro atoms. The van der Waals surface area contributed by atoms with Gasteiger partial charge in [-0.05, 0) is 36.4 Å². The molecule has 0 fully saturated rings. The molecule has 112 valence electrons. The first-order valence-corrected chi connectivity index (χ1v) is 7.61. The van der Waals surface area contributed by atoms with Crippen LogP contribution in [0.3, 0.4) is 0 Å². The Kier molecular flexibility index (Phi) is 3.44. The molecule has 2 aromatic heterocycles. The fraction of sp³-hybridized carbons (Fsp3) is 0. The predicted octanol–water partition coefficient (Wildman–Crippen LogP) is 4.38. The van der Waals surface area contributed by atoms with Crippen LogP contribution in [0.1, 0.15) is 0 Å². The molecule has 0 bridgehead atoms. The average molecular weight is 321 g/mol. The zero-order valence-electron chi connectivity index (χ0n) is 12.2. The smallest absolute Gasteiger partial charge is 0.111 e. The standard InChI is InChI=1S/C18H13ClN4/c19-15-8-4-5-9-17(15)22-13-11-16(21-22)18-10-12-20-23(18)14-6-2-1-3-7-14/h1-13H. The fourth-order valence-electron chi connectivity index (χ4n) is 2.50. The Labute approximate surface area is 138 Å². The Bertz CT molecular complexity index is 940. The second kappa shape index (κ2) is 5.74. The molecule has 23 heavy (non-hydrogen) atoms. The van der Waals surface area contributed by atoms with Gasteiger partial charge in [0.2, 0.25) is 0 Å². The van der Waals surface area contributed by atoms with E-state index in [1.54, 1.807) is 10.9 Å². The highest BCUT2D eigenvalue weighted by molar-refractivity contribution is 6.32. The van der Waals surface area contributed by atoms with Gasteiger partial charge >= 0.3 is 0 Å². The number of benzene rings is 2. The van der Waals surface area contributed by atoms with Crippen molar-refractivity contribution in [1.29, 1.82) is 0 Å². The minimum Gasteiger partial charge on any atom is -0.239 e. The van der Waals surface area contributed by atoms with Gasteiger partial charge in [-0.3, -0.25) is 0 Å². The molecule has 4 nitrogen and oxygen atoms in total. The Morgan fingerprint density at radius 3 is 2.43 bits per heavy atom. The highest BCUT2D eigenvalue weighted by Gasteiger charge is 2.11. The first kappa shape index (κ1) is 13.8. The van der Waals surface area contributed by atoms with Gasteiger partial charge in [0.05, 0.1) is 28.3 Å². The summed E-state index contributed by atoms with van der Waals surface area (Å²) in [5.74, 6) is 0. The quantitative estimate of drug-likeness (QED) is 0.561. The summed E-state index contributed by atoms with van der Waals surface area (Å²) in [6, 6.07) is 21.5. The zero-order valence-corrected chi connectivity index (χ0v) is 12.9. The Hall–Kier alpha value is -2.85. The maximum absolute atomic E-state index is 6.24. The molecule has 0 aliphatic rings. The summed E-state index contributed by atoms with van der Waals surface area (Å²) >= 11 is 6.24. The van der Waals surface area contributed by atoms with Gasteiger partial charge < -0.3 is 0 Å². The maximum Gasteiger partial charge on any atom is 0.111 e. The van der Waals surface area contributed by atoms with E-state index < -0.39 is 0 Å². The molecule has 0 saturated heterocycles. The molecule has 0 aliphatic heterocycles. The monoisotopic (exact) mass is 320 g/mol. The highest BCUT2D eigenvalue weighted by atomic mass is 35.5. The van der Waals surface area contributed by atoms with Crippen molar-refractivity contribution in [3.63, 3.8) is 0 Å². The first-order valence-electron chi connectivity index (χ1n) is 7.23. The highest BCUT2D eigenvalue weighted by Crippen LogP contribution is 2.24. The first-order chi connectivity index (χ1) is 11.3. The van der Waals surface area contributed by atoms with Crippen LogP contribution in [0.4, 0.5) is 0 Å². The van der Waals surface area contributed by atoms with E-state index in [0.717, 1.165) is 22.8 Å². The van der Waals surface area contributed by atoms with Crippen LogP contribution in [-0.4, -0.2) is 19.6 Å². The summed E-state index contributed by atoms with van der Waals surface area (Å²) in [6.45, 7) is 0. The number of para-hydroxylation sites is 2. The van der Waals surface area contributed by atoms with E-state index in [-0.39, 0.29) is 0 Å². The van der Waals surface area contributed by atoms with E-state index in [1.165, 1.54) is 0 Å². The molecule has 5 heteroatoms. The lowest BCUT2D eigenvalue weighted by molar-refractivity contribution is 0.857. The SMILES string of the molecule is Clc1ccccc1-n1ccc(-c2ccnn2-c2ccccc2)n1. The number of hydrogen-bond acceptors (Lipinski definition) is 2. The third-order valence-electron chi connectivity index (χ3n) is 3.59. The molecule has 2 heterocycles. The van der Waals surface area contributed by atoms with Crippen molar-refractivity contribution in [3.8, 4) is 22.8 Å². The summed E-state index contributed by atoms with van der Waals surface area (Å²) in [5.41, 5.74) is 3.62. The van der Waals surface area contributed by atoms with E-state index >= 15 is 0 Å². The van der Waals surface area contributed by atoms with Crippen LogP contribution in [0.2, 0.25) is 5.02 Å². The molecule has 0 N–H and O–H groups in total. The molecular formula is C18H13ClN4. The topological polar surface area (TPSA) is 35.6 Å².